The second-order valence-electron chi connectivity index (χ2n) is 5.82. The zero-order valence-electron chi connectivity index (χ0n) is 14.4. The number of nitrogens with one attached hydrogen (secondary N) is 1. The Morgan fingerprint density at radius 1 is 1.16 bits per heavy atom. The Labute approximate surface area is 146 Å². The first-order valence-electron chi connectivity index (χ1n) is 8.24. The first-order chi connectivity index (χ1) is 12.2. The van der Waals surface area contributed by atoms with Gasteiger partial charge in [-0.15, -0.1) is 0 Å². The van der Waals surface area contributed by atoms with Crippen molar-refractivity contribution in [2.45, 2.75) is 13.0 Å². The summed E-state index contributed by atoms with van der Waals surface area (Å²) >= 11 is 0. The van der Waals surface area contributed by atoms with Crippen molar-refractivity contribution in [1.29, 1.82) is 0 Å². The Hall–Kier alpha value is -2.90. The molecule has 3 heterocycles. The van der Waals surface area contributed by atoms with Crippen LogP contribution < -0.4 is 15.0 Å². The molecule has 1 amide bonds. The van der Waals surface area contributed by atoms with Crippen molar-refractivity contribution in [2.24, 2.45) is 0 Å². The SMILES string of the molecule is COc1ccc(N[C@@H](C)C(=O)N2CCN(c3ncccn3)CC2)cn1. The summed E-state index contributed by atoms with van der Waals surface area (Å²) in [4.78, 5) is 29.3. The van der Waals surface area contributed by atoms with Crippen LogP contribution in [0.2, 0.25) is 0 Å². The zero-order chi connectivity index (χ0) is 17.6. The molecular formula is C17H22N6O2. The highest BCUT2D eigenvalue weighted by Gasteiger charge is 2.25. The quantitative estimate of drug-likeness (QED) is 0.869. The lowest BCUT2D eigenvalue weighted by Gasteiger charge is -2.36. The van der Waals surface area contributed by atoms with Gasteiger partial charge in [0.2, 0.25) is 17.7 Å². The number of methoxy groups -OCH3 is 1. The van der Waals surface area contributed by atoms with E-state index in [1.54, 1.807) is 37.8 Å². The molecule has 2 aromatic rings. The van der Waals surface area contributed by atoms with Crippen molar-refractivity contribution in [3.05, 3.63) is 36.8 Å². The highest BCUT2D eigenvalue weighted by molar-refractivity contribution is 5.84. The summed E-state index contributed by atoms with van der Waals surface area (Å²) in [5.41, 5.74) is 0.790. The van der Waals surface area contributed by atoms with Crippen LogP contribution in [0.4, 0.5) is 11.6 Å². The maximum atomic E-state index is 12.6. The van der Waals surface area contributed by atoms with Crippen LogP contribution in [0.5, 0.6) is 5.88 Å². The van der Waals surface area contributed by atoms with Crippen molar-refractivity contribution in [2.75, 3.05) is 43.5 Å². The Morgan fingerprint density at radius 3 is 2.48 bits per heavy atom. The fraction of sp³-hybridized carbons (Fsp3) is 0.412. The molecule has 8 heteroatoms. The monoisotopic (exact) mass is 342 g/mol. The molecule has 1 aliphatic rings. The number of carbonyl (C=O) groups is 1. The molecule has 3 rings (SSSR count). The van der Waals surface area contributed by atoms with Gasteiger partial charge in [-0.2, -0.15) is 0 Å². The van der Waals surface area contributed by atoms with E-state index in [1.807, 2.05) is 17.9 Å². The summed E-state index contributed by atoms with van der Waals surface area (Å²) in [5.74, 6) is 1.33. The van der Waals surface area contributed by atoms with E-state index in [2.05, 4.69) is 25.2 Å². The molecule has 0 bridgehead atoms. The van der Waals surface area contributed by atoms with Gasteiger partial charge in [0, 0.05) is 44.6 Å². The van der Waals surface area contributed by atoms with Gasteiger partial charge >= 0.3 is 0 Å². The summed E-state index contributed by atoms with van der Waals surface area (Å²) in [6, 6.07) is 5.08. The molecule has 0 aromatic carbocycles. The number of hydrogen-bond acceptors (Lipinski definition) is 7. The predicted octanol–water partition coefficient (Wildman–Crippen LogP) is 1.03. The van der Waals surface area contributed by atoms with Crippen LogP contribution in [0.25, 0.3) is 0 Å². The molecule has 1 N–H and O–H groups in total. The molecule has 2 aromatic heterocycles. The Kier molecular flexibility index (Phi) is 5.27. The summed E-state index contributed by atoms with van der Waals surface area (Å²) in [5, 5.41) is 3.19. The topological polar surface area (TPSA) is 83.5 Å². The zero-order valence-corrected chi connectivity index (χ0v) is 14.4. The molecule has 0 aliphatic carbocycles. The highest BCUT2D eigenvalue weighted by atomic mass is 16.5. The summed E-state index contributed by atoms with van der Waals surface area (Å²) < 4.78 is 5.03. The number of rotatable bonds is 5. The van der Waals surface area contributed by atoms with Crippen molar-refractivity contribution >= 4 is 17.5 Å². The largest absolute Gasteiger partial charge is 0.481 e. The molecule has 1 saturated heterocycles. The van der Waals surface area contributed by atoms with E-state index in [-0.39, 0.29) is 11.9 Å². The average Bonchev–Trinajstić information content (AvgIpc) is 2.69. The summed E-state index contributed by atoms with van der Waals surface area (Å²) in [6.07, 6.45) is 5.12. The molecule has 0 unspecified atom stereocenters. The third-order valence-corrected chi connectivity index (χ3v) is 4.13. The third-order valence-electron chi connectivity index (χ3n) is 4.13. The number of carbonyl (C=O) groups excluding carboxylic acids is 1. The van der Waals surface area contributed by atoms with Crippen LogP contribution in [-0.2, 0) is 4.79 Å². The molecule has 0 radical (unpaired) electrons. The van der Waals surface area contributed by atoms with Gasteiger partial charge in [0.05, 0.1) is 19.0 Å². The normalized spacial score (nSPS) is 15.6. The number of hydrogen-bond donors (Lipinski definition) is 1. The molecule has 0 spiro atoms. The van der Waals surface area contributed by atoms with E-state index in [0.29, 0.717) is 24.9 Å². The van der Waals surface area contributed by atoms with Gasteiger partial charge in [-0.05, 0) is 19.1 Å². The number of ether oxygens (including phenoxy) is 1. The number of nitrogens with zero attached hydrogens (tertiary/aromatic N) is 5. The number of aromatic nitrogens is 3. The molecule has 1 fully saturated rings. The first-order valence-corrected chi connectivity index (χ1v) is 8.24. The van der Waals surface area contributed by atoms with E-state index >= 15 is 0 Å². The molecule has 1 atom stereocenters. The van der Waals surface area contributed by atoms with Gasteiger partial charge in [0.15, 0.2) is 0 Å². The molecule has 132 valence electrons. The lowest BCUT2D eigenvalue weighted by atomic mass is 10.2. The van der Waals surface area contributed by atoms with Gasteiger partial charge in [-0.1, -0.05) is 0 Å². The lowest BCUT2D eigenvalue weighted by Crippen LogP contribution is -2.52. The smallest absolute Gasteiger partial charge is 0.244 e. The van der Waals surface area contributed by atoms with E-state index < -0.39 is 0 Å². The van der Waals surface area contributed by atoms with Gasteiger partial charge < -0.3 is 19.9 Å². The number of anilines is 2. The highest BCUT2D eigenvalue weighted by Crippen LogP contribution is 2.14. The lowest BCUT2D eigenvalue weighted by molar-refractivity contribution is -0.131. The van der Waals surface area contributed by atoms with Gasteiger partial charge in [0.1, 0.15) is 6.04 Å². The number of pyridine rings is 1. The second-order valence-corrected chi connectivity index (χ2v) is 5.82. The van der Waals surface area contributed by atoms with Crippen molar-refractivity contribution in [1.82, 2.24) is 19.9 Å². The van der Waals surface area contributed by atoms with E-state index in [0.717, 1.165) is 18.8 Å². The number of piperazine rings is 1. The predicted molar refractivity (Wildman–Crippen MR) is 94.7 cm³/mol. The number of amides is 1. The van der Waals surface area contributed by atoms with Gasteiger partial charge in [0.25, 0.3) is 0 Å². The maximum absolute atomic E-state index is 12.6. The van der Waals surface area contributed by atoms with Crippen LogP contribution in [0.15, 0.2) is 36.8 Å². The molecule has 1 aliphatic heterocycles. The standard InChI is InChI=1S/C17H22N6O2/c1-13(21-14-4-5-15(25-2)20-12-14)16(24)22-8-10-23(11-9-22)17-18-6-3-7-19-17/h3-7,12-13,21H,8-11H2,1-2H3/t13-/m0/s1. The molecule has 8 nitrogen and oxygen atoms in total. The molecule has 25 heavy (non-hydrogen) atoms. The summed E-state index contributed by atoms with van der Waals surface area (Å²) in [6.45, 7) is 4.63. The minimum atomic E-state index is -0.324. The minimum absolute atomic E-state index is 0.0736. The Bertz CT molecular complexity index is 686. The fourth-order valence-electron chi connectivity index (χ4n) is 2.75. The maximum Gasteiger partial charge on any atom is 0.244 e. The Balaban J connectivity index is 1.52. The van der Waals surface area contributed by atoms with Crippen molar-refractivity contribution < 1.29 is 9.53 Å². The van der Waals surface area contributed by atoms with Crippen LogP contribution >= 0.6 is 0 Å². The van der Waals surface area contributed by atoms with Crippen LogP contribution in [0.1, 0.15) is 6.92 Å². The van der Waals surface area contributed by atoms with Crippen LogP contribution in [-0.4, -0.2) is 65.1 Å². The summed E-state index contributed by atoms with van der Waals surface area (Å²) in [7, 11) is 1.57. The van der Waals surface area contributed by atoms with Crippen molar-refractivity contribution in [3.63, 3.8) is 0 Å². The van der Waals surface area contributed by atoms with Crippen LogP contribution in [0.3, 0.4) is 0 Å². The van der Waals surface area contributed by atoms with Crippen LogP contribution in [0, 0.1) is 0 Å². The van der Waals surface area contributed by atoms with E-state index in [4.69, 9.17) is 4.74 Å². The third kappa shape index (κ3) is 4.14. The van der Waals surface area contributed by atoms with E-state index in [1.165, 1.54) is 0 Å². The Morgan fingerprint density at radius 2 is 1.88 bits per heavy atom. The first kappa shape index (κ1) is 16.9. The second kappa shape index (κ2) is 7.78. The molecular weight excluding hydrogens is 320 g/mol. The molecule has 0 saturated carbocycles. The fourth-order valence-corrected chi connectivity index (χ4v) is 2.75. The van der Waals surface area contributed by atoms with Crippen molar-refractivity contribution in [3.8, 4) is 5.88 Å². The van der Waals surface area contributed by atoms with Gasteiger partial charge in [-0.3, -0.25) is 4.79 Å². The van der Waals surface area contributed by atoms with E-state index in [9.17, 15) is 4.79 Å². The van der Waals surface area contributed by atoms with Gasteiger partial charge in [-0.25, -0.2) is 15.0 Å². The average molecular weight is 342 g/mol. The minimum Gasteiger partial charge on any atom is -0.481 e.